The molecule has 0 bridgehead atoms. The van der Waals surface area contributed by atoms with Gasteiger partial charge in [-0.25, -0.2) is 13.4 Å². The lowest BCUT2D eigenvalue weighted by Crippen LogP contribution is -2.48. The number of amides is 1. The third-order valence-corrected chi connectivity index (χ3v) is 9.18. The lowest BCUT2D eigenvalue weighted by atomic mass is 9.98. The van der Waals surface area contributed by atoms with Crippen LogP contribution >= 0.6 is 11.3 Å². The van der Waals surface area contributed by atoms with Crippen molar-refractivity contribution in [2.24, 2.45) is 5.92 Å². The fourth-order valence-electron chi connectivity index (χ4n) is 4.32. The second-order valence-electron chi connectivity index (χ2n) is 8.92. The van der Waals surface area contributed by atoms with Crippen molar-refractivity contribution in [1.29, 1.82) is 0 Å². The molecule has 1 aliphatic heterocycles. The first-order valence-corrected chi connectivity index (χ1v) is 14.0. The van der Waals surface area contributed by atoms with Gasteiger partial charge in [0, 0.05) is 26.2 Å². The Balaban J connectivity index is 1.61. The molecule has 1 aromatic heterocycles. The molecule has 9 heteroatoms. The first kappa shape index (κ1) is 24.8. The molecule has 1 fully saturated rings. The SMILES string of the molecule is CCc1cccc2sc(N(CCN(C)C)C(=O)C3CCCN(S(=O)(=O)c4ccccc4)C3)nc12. The van der Waals surface area contributed by atoms with E-state index >= 15 is 0 Å². The van der Waals surface area contributed by atoms with Gasteiger partial charge in [0.25, 0.3) is 0 Å². The number of hydrogen-bond acceptors (Lipinski definition) is 6. The average Bonchev–Trinajstić information content (AvgIpc) is 3.28. The largest absolute Gasteiger partial charge is 0.308 e. The predicted molar refractivity (Wildman–Crippen MR) is 138 cm³/mol. The zero-order chi connectivity index (χ0) is 24.3. The van der Waals surface area contributed by atoms with E-state index in [9.17, 15) is 13.2 Å². The molecule has 0 radical (unpaired) electrons. The van der Waals surface area contributed by atoms with Gasteiger partial charge in [-0.2, -0.15) is 4.31 Å². The van der Waals surface area contributed by atoms with Crippen molar-refractivity contribution >= 4 is 42.6 Å². The van der Waals surface area contributed by atoms with Crippen LogP contribution in [0.5, 0.6) is 0 Å². The monoisotopic (exact) mass is 500 g/mol. The number of thiazole rings is 1. The molecule has 3 aromatic rings. The summed E-state index contributed by atoms with van der Waals surface area (Å²) < 4.78 is 28.9. The van der Waals surface area contributed by atoms with E-state index in [1.165, 1.54) is 15.6 Å². The number of nitrogens with zero attached hydrogens (tertiary/aromatic N) is 4. The highest BCUT2D eigenvalue weighted by atomic mass is 32.2. The molecule has 182 valence electrons. The molecule has 0 saturated carbocycles. The molecule has 0 N–H and O–H groups in total. The molecule has 2 aromatic carbocycles. The number of carbonyl (C=O) groups excluding carboxylic acids is 1. The minimum Gasteiger partial charge on any atom is -0.308 e. The van der Waals surface area contributed by atoms with Crippen molar-refractivity contribution < 1.29 is 13.2 Å². The lowest BCUT2D eigenvalue weighted by Gasteiger charge is -2.34. The number of piperidine rings is 1. The molecule has 0 spiro atoms. The zero-order valence-corrected chi connectivity index (χ0v) is 21.6. The molecule has 1 aliphatic rings. The van der Waals surface area contributed by atoms with E-state index in [1.807, 2.05) is 31.1 Å². The predicted octanol–water partition coefficient (Wildman–Crippen LogP) is 3.85. The van der Waals surface area contributed by atoms with Crippen LogP contribution in [0.4, 0.5) is 5.13 Å². The number of likely N-dealkylation sites (N-methyl/N-ethyl adjacent to an activating group) is 1. The number of fused-ring (bicyclic) bond motifs is 1. The maximum Gasteiger partial charge on any atom is 0.243 e. The standard InChI is InChI=1S/C25H32N4O3S2/c1-4-19-10-8-14-22-23(19)26-25(33-22)29(17-16-27(2)3)24(30)20-11-9-15-28(18-20)34(31,32)21-12-6-5-7-13-21/h5-8,10,12-14,20H,4,9,11,15-18H2,1-3H3. The minimum absolute atomic E-state index is 0.0492. The summed E-state index contributed by atoms with van der Waals surface area (Å²) in [6.07, 6.45) is 2.20. The Hall–Kier alpha value is -2.33. The quantitative estimate of drug-likeness (QED) is 0.470. The molecular formula is C25H32N4O3S2. The van der Waals surface area contributed by atoms with Crippen molar-refractivity contribution in [3.63, 3.8) is 0 Å². The smallest absolute Gasteiger partial charge is 0.243 e. The van der Waals surface area contributed by atoms with E-state index in [1.54, 1.807) is 35.2 Å². The van der Waals surface area contributed by atoms with Gasteiger partial charge in [-0.3, -0.25) is 9.69 Å². The van der Waals surface area contributed by atoms with E-state index in [2.05, 4.69) is 13.0 Å². The summed E-state index contributed by atoms with van der Waals surface area (Å²) in [7, 11) is 0.322. The number of para-hydroxylation sites is 1. The molecule has 1 amide bonds. The highest BCUT2D eigenvalue weighted by molar-refractivity contribution is 7.89. The highest BCUT2D eigenvalue weighted by Crippen LogP contribution is 2.33. The molecule has 7 nitrogen and oxygen atoms in total. The fourth-order valence-corrected chi connectivity index (χ4v) is 6.91. The van der Waals surface area contributed by atoms with E-state index in [0.717, 1.165) is 22.2 Å². The van der Waals surface area contributed by atoms with Crippen LogP contribution < -0.4 is 4.90 Å². The summed E-state index contributed by atoms with van der Waals surface area (Å²) in [5, 5.41) is 0.686. The molecule has 2 heterocycles. The van der Waals surface area contributed by atoms with Gasteiger partial charge in [-0.1, -0.05) is 48.6 Å². The summed E-state index contributed by atoms with van der Waals surface area (Å²) in [5.74, 6) is -0.445. The zero-order valence-electron chi connectivity index (χ0n) is 20.0. The van der Waals surface area contributed by atoms with Crippen LogP contribution in [0, 0.1) is 5.92 Å². The Bertz CT molecular complexity index is 1240. The Morgan fingerprint density at radius 2 is 1.88 bits per heavy atom. The number of benzene rings is 2. The van der Waals surface area contributed by atoms with E-state index in [-0.39, 0.29) is 17.3 Å². The van der Waals surface area contributed by atoms with E-state index in [0.29, 0.717) is 37.6 Å². The van der Waals surface area contributed by atoms with Crippen LogP contribution in [0.1, 0.15) is 25.3 Å². The summed E-state index contributed by atoms with van der Waals surface area (Å²) >= 11 is 1.53. The molecule has 1 saturated heterocycles. The number of carbonyl (C=O) groups is 1. The lowest BCUT2D eigenvalue weighted by molar-refractivity contribution is -0.123. The van der Waals surface area contributed by atoms with Gasteiger partial charge < -0.3 is 4.90 Å². The Morgan fingerprint density at radius 3 is 2.59 bits per heavy atom. The number of aromatic nitrogens is 1. The molecule has 0 aliphatic carbocycles. The van der Waals surface area contributed by atoms with Crippen molar-refractivity contribution in [3.05, 3.63) is 54.1 Å². The number of rotatable bonds is 8. The second kappa shape index (κ2) is 10.5. The van der Waals surface area contributed by atoms with Crippen molar-refractivity contribution in [2.45, 2.75) is 31.1 Å². The van der Waals surface area contributed by atoms with Crippen LogP contribution in [0.25, 0.3) is 10.2 Å². The van der Waals surface area contributed by atoms with Gasteiger partial charge in [0.1, 0.15) is 0 Å². The third-order valence-electron chi connectivity index (χ3n) is 6.25. The Morgan fingerprint density at radius 1 is 1.12 bits per heavy atom. The topological polar surface area (TPSA) is 73.8 Å². The first-order valence-electron chi connectivity index (χ1n) is 11.7. The van der Waals surface area contributed by atoms with Gasteiger partial charge in [0.05, 0.1) is 21.0 Å². The average molecular weight is 501 g/mol. The number of aryl methyl sites for hydroxylation is 1. The number of anilines is 1. The minimum atomic E-state index is -3.63. The third kappa shape index (κ3) is 5.17. The normalized spacial score (nSPS) is 17.4. The molecule has 1 unspecified atom stereocenters. The Kier molecular flexibility index (Phi) is 7.67. The maximum atomic E-state index is 13.8. The summed E-state index contributed by atoms with van der Waals surface area (Å²) in [4.78, 5) is 22.8. The van der Waals surface area contributed by atoms with Crippen molar-refractivity contribution in [1.82, 2.24) is 14.2 Å². The van der Waals surface area contributed by atoms with Crippen LogP contribution in [0.2, 0.25) is 0 Å². The fraction of sp³-hybridized carbons (Fsp3) is 0.440. The Labute approximate surface area is 206 Å². The summed E-state index contributed by atoms with van der Waals surface area (Å²) in [5.41, 5.74) is 2.11. The van der Waals surface area contributed by atoms with Gasteiger partial charge in [0.2, 0.25) is 15.9 Å². The van der Waals surface area contributed by atoms with Crippen LogP contribution in [0.3, 0.4) is 0 Å². The molecular weight excluding hydrogens is 468 g/mol. The molecule has 34 heavy (non-hydrogen) atoms. The van der Waals surface area contributed by atoms with Gasteiger partial charge in [-0.15, -0.1) is 0 Å². The highest BCUT2D eigenvalue weighted by Gasteiger charge is 2.36. The van der Waals surface area contributed by atoms with Crippen LogP contribution in [-0.2, 0) is 21.2 Å². The number of hydrogen-bond donors (Lipinski definition) is 0. The van der Waals surface area contributed by atoms with Crippen molar-refractivity contribution in [2.75, 3.05) is 45.2 Å². The van der Waals surface area contributed by atoms with Gasteiger partial charge >= 0.3 is 0 Å². The first-order chi connectivity index (χ1) is 16.3. The van der Waals surface area contributed by atoms with Gasteiger partial charge in [0.15, 0.2) is 5.13 Å². The summed E-state index contributed by atoms with van der Waals surface area (Å²) in [6.45, 7) is 3.93. The van der Waals surface area contributed by atoms with E-state index < -0.39 is 15.9 Å². The maximum absolute atomic E-state index is 13.8. The number of sulfonamides is 1. The van der Waals surface area contributed by atoms with Crippen LogP contribution in [-0.4, -0.2) is 68.8 Å². The second-order valence-corrected chi connectivity index (χ2v) is 11.9. The van der Waals surface area contributed by atoms with E-state index in [4.69, 9.17) is 4.98 Å². The van der Waals surface area contributed by atoms with Crippen LogP contribution in [0.15, 0.2) is 53.4 Å². The molecule has 1 atom stereocenters. The summed E-state index contributed by atoms with van der Waals surface area (Å²) in [6, 6.07) is 14.6. The molecule has 4 rings (SSSR count). The van der Waals surface area contributed by atoms with Gasteiger partial charge in [-0.05, 0) is 57.1 Å². The van der Waals surface area contributed by atoms with Crippen molar-refractivity contribution in [3.8, 4) is 0 Å².